The minimum atomic E-state index is -0.0721. The average molecular weight is 294 g/mol. The summed E-state index contributed by atoms with van der Waals surface area (Å²) in [6.45, 7) is 4.29. The smallest absolute Gasteiger partial charge is 0.125 e. The van der Waals surface area contributed by atoms with Crippen LogP contribution >= 0.6 is 11.3 Å². The quantitative estimate of drug-likeness (QED) is 0.774. The second-order valence-corrected chi connectivity index (χ2v) is 7.27. The Morgan fingerprint density at radius 3 is 2.70 bits per heavy atom. The predicted molar refractivity (Wildman–Crippen MR) is 83.2 cm³/mol. The van der Waals surface area contributed by atoms with Gasteiger partial charge in [0.05, 0.1) is 5.69 Å². The molecule has 1 N–H and O–H groups in total. The van der Waals surface area contributed by atoms with Crippen molar-refractivity contribution < 1.29 is 4.74 Å². The van der Waals surface area contributed by atoms with Crippen LogP contribution in [0.5, 0.6) is 0 Å². The molecule has 1 aromatic rings. The Morgan fingerprint density at radius 2 is 2.10 bits per heavy atom. The monoisotopic (exact) mass is 294 g/mol. The minimum Gasteiger partial charge on any atom is -0.371 e. The number of ether oxygens (including phenoxy) is 1. The fraction of sp³-hybridized carbons (Fsp3) is 0.812. The molecule has 0 amide bonds. The van der Waals surface area contributed by atoms with Crippen LogP contribution in [-0.2, 0) is 16.9 Å². The zero-order valence-electron chi connectivity index (χ0n) is 12.7. The predicted octanol–water partition coefficient (Wildman–Crippen LogP) is 3.94. The van der Waals surface area contributed by atoms with Crippen molar-refractivity contribution in [2.45, 2.75) is 69.9 Å². The summed E-state index contributed by atoms with van der Waals surface area (Å²) in [5.41, 5.74) is 1.30. The number of nitrogens with zero attached hydrogens (tertiary/aromatic N) is 1. The number of hydrogen-bond acceptors (Lipinski definition) is 4. The topological polar surface area (TPSA) is 34.1 Å². The number of aromatic nitrogens is 1. The Balaban J connectivity index is 1.82. The third-order valence-corrected chi connectivity index (χ3v) is 5.85. The highest BCUT2D eigenvalue weighted by Gasteiger charge is 2.40. The number of nitrogens with one attached hydrogen (secondary N) is 1. The lowest BCUT2D eigenvalue weighted by molar-refractivity contribution is -0.00896. The van der Waals surface area contributed by atoms with E-state index in [2.05, 4.69) is 12.2 Å². The fourth-order valence-corrected chi connectivity index (χ4v) is 4.53. The highest BCUT2D eigenvalue weighted by atomic mass is 32.1. The van der Waals surface area contributed by atoms with Crippen LogP contribution in [-0.4, -0.2) is 18.6 Å². The van der Waals surface area contributed by atoms with Crippen LogP contribution in [0.3, 0.4) is 0 Å². The van der Waals surface area contributed by atoms with Gasteiger partial charge in [0.2, 0.25) is 0 Å². The standard InChI is InChI=1S/C16H26N2OS/c1-3-10-17-11-13-14(12-6-7-12)18-15(20-13)16(19-2)8-4-5-9-16/h12,17H,3-11H2,1-2H3. The van der Waals surface area contributed by atoms with Crippen molar-refractivity contribution in [2.75, 3.05) is 13.7 Å². The van der Waals surface area contributed by atoms with E-state index in [4.69, 9.17) is 9.72 Å². The highest BCUT2D eigenvalue weighted by molar-refractivity contribution is 7.11. The molecule has 0 aromatic carbocycles. The molecule has 0 aliphatic heterocycles. The lowest BCUT2D eigenvalue weighted by Crippen LogP contribution is -2.24. The highest BCUT2D eigenvalue weighted by Crippen LogP contribution is 2.48. The Bertz CT molecular complexity index is 447. The summed E-state index contributed by atoms with van der Waals surface area (Å²) in [5, 5.41) is 4.78. The number of rotatable bonds is 7. The maximum absolute atomic E-state index is 5.91. The molecule has 2 fully saturated rings. The van der Waals surface area contributed by atoms with Gasteiger partial charge in [-0.15, -0.1) is 11.3 Å². The van der Waals surface area contributed by atoms with Crippen LogP contribution in [0.2, 0.25) is 0 Å². The van der Waals surface area contributed by atoms with E-state index in [1.54, 1.807) is 0 Å². The summed E-state index contributed by atoms with van der Waals surface area (Å²) in [6, 6.07) is 0. The van der Waals surface area contributed by atoms with E-state index in [1.165, 1.54) is 47.7 Å². The lowest BCUT2D eigenvalue weighted by Gasteiger charge is -2.24. The first-order chi connectivity index (χ1) is 9.79. The van der Waals surface area contributed by atoms with E-state index in [9.17, 15) is 0 Å². The van der Waals surface area contributed by atoms with Gasteiger partial charge in [-0.1, -0.05) is 19.8 Å². The third-order valence-electron chi connectivity index (χ3n) is 4.60. The number of hydrogen-bond donors (Lipinski definition) is 1. The summed E-state index contributed by atoms with van der Waals surface area (Å²) in [7, 11) is 1.86. The Hall–Kier alpha value is -0.450. The second kappa shape index (κ2) is 6.12. The van der Waals surface area contributed by atoms with E-state index in [0.29, 0.717) is 0 Å². The molecule has 0 atom stereocenters. The van der Waals surface area contributed by atoms with Gasteiger partial charge in [-0.3, -0.25) is 0 Å². The molecule has 4 heteroatoms. The molecule has 3 nitrogen and oxygen atoms in total. The molecular weight excluding hydrogens is 268 g/mol. The lowest BCUT2D eigenvalue weighted by atomic mass is 10.0. The molecule has 2 saturated carbocycles. The maximum Gasteiger partial charge on any atom is 0.125 e. The van der Waals surface area contributed by atoms with E-state index in [1.807, 2.05) is 18.4 Å². The molecule has 0 radical (unpaired) electrons. The van der Waals surface area contributed by atoms with Crippen LogP contribution in [0.4, 0.5) is 0 Å². The van der Waals surface area contributed by atoms with Crippen LogP contribution in [0.25, 0.3) is 0 Å². The number of thiazole rings is 1. The number of methoxy groups -OCH3 is 1. The largest absolute Gasteiger partial charge is 0.371 e. The Labute approximate surface area is 126 Å². The molecule has 0 spiro atoms. The molecule has 112 valence electrons. The van der Waals surface area contributed by atoms with Crippen LogP contribution in [0, 0.1) is 0 Å². The summed E-state index contributed by atoms with van der Waals surface area (Å²) in [5.74, 6) is 0.730. The molecule has 1 heterocycles. The molecule has 0 unspecified atom stereocenters. The molecule has 2 aliphatic rings. The van der Waals surface area contributed by atoms with Crippen molar-refractivity contribution in [3.8, 4) is 0 Å². The molecule has 1 aromatic heterocycles. The SMILES string of the molecule is CCCNCc1sc(C2(OC)CCCC2)nc1C1CC1. The van der Waals surface area contributed by atoms with Gasteiger partial charge in [0.15, 0.2) is 0 Å². The van der Waals surface area contributed by atoms with Gasteiger partial charge in [-0.05, 0) is 38.6 Å². The fourth-order valence-electron chi connectivity index (χ4n) is 3.19. The maximum atomic E-state index is 5.91. The van der Waals surface area contributed by atoms with Crippen LogP contribution in [0.1, 0.15) is 73.4 Å². The zero-order chi connectivity index (χ0) is 14.0. The van der Waals surface area contributed by atoms with E-state index < -0.39 is 0 Å². The van der Waals surface area contributed by atoms with Gasteiger partial charge in [0, 0.05) is 24.4 Å². The van der Waals surface area contributed by atoms with Crippen molar-refractivity contribution in [1.29, 1.82) is 0 Å². The van der Waals surface area contributed by atoms with Gasteiger partial charge in [0.25, 0.3) is 0 Å². The third kappa shape index (κ3) is 2.78. The van der Waals surface area contributed by atoms with E-state index >= 15 is 0 Å². The van der Waals surface area contributed by atoms with E-state index in [0.717, 1.165) is 31.8 Å². The van der Waals surface area contributed by atoms with Crippen molar-refractivity contribution in [1.82, 2.24) is 10.3 Å². The Kier molecular flexibility index (Phi) is 4.43. The molecular formula is C16H26N2OS. The summed E-state index contributed by atoms with van der Waals surface area (Å²) >= 11 is 1.90. The van der Waals surface area contributed by atoms with Crippen molar-refractivity contribution in [2.24, 2.45) is 0 Å². The molecule has 3 rings (SSSR count). The first kappa shape index (κ1) is 14.5. The minimum absolute atomic E-state index is 0.0721. The molecule has 0 bridgehead atoms. The summed E-state index contributed by atoms with van der Waals surface area (Å²) in [6.07, 6.45) is 8.66. The summed E-state index contributed by atoms with van der Waals surface area (Å²) in [4.78, 5) is 6.49. The van der Waals surface area contributed by atoms with Gasteiger partial charge in [-0.25, -0.2) is 4.98 Å². The van der Waals surface area contributed by atoms with Crippen LogP contribution in [0.15, 0.2) is 0 Å². The molecule has 0 saturated heterocycles. The molecule has 2 aliphatic carbocycles. The average Bonchev–Trinajstić information content (AvgIpc) is 3.03. The van der Waals surface area contributed by atoms with Gasteiger partial charge >= 0.3 is 0 Å². The van der Waals surface area contributed by atoms with Gasteiger partial charge in [0.1, 0.15) is 10.6 Å². The summed E-state index contributed by atoms with van der Waals surface area (Å²) < 4.78 is 5.91. The van der Waals surface area contributed by atoms with Crippen molar-refractivity contribution >= 4 is 11.3 Å². The van der Waals surface area contributed by atoms with E-state index in [-0.39, 0.29) is 5.60 Å². The normalized spacial score (nSPS) is 21.5. The van der Waals surface area contributed by atoms with Gasteiger partial charge in [-0.2, -0.15) is 0 Å². The van der Waals surface area contributed by atoms with Crippen LogP contribution < -0.4 is 5.32 Å². The van der Waals surface area contributed by atoms with Gasteiger partial charge < -0.3 is 10.1 Å². The molecule has 20 heavy (non-hydrogen) atoms. The van der Waals surface area contributed by atoms with Crippen molar-refractivity contribution in [3.63, 3.8) is 0 Å². The first-order valence-corrected chi connectivity index (χ1v) is 8.86. The zero-order valence-corrected chi connectivity index (χ0v) is 13.5. The Morgan fingerprint density at radius 1 is 1.35 bits per heavy atom. The first-order valence-electron chi connectivity index (χ1n) is 8.05. The second-order valence-electron chi connectivity index (χ2n) is 6.18. The van der Waals surface area contributed by atoms with Crippen molar-refractivity contribution in [3.05, 3.63) is 15.6 Å².